The number of benzene rings is 1. The quantitative estimate of drug-likeness (QED) is 0.422. The maximum atomic E-state index is 13.2. The summed E-state index contributed by atoms with van der Waals surface area (Å²) in [7, 11) is 2.01. The molecule has 0 atom stereocenters. The second kappa shape index (κ2) is 8.55. The Kier molecular flexibility index (Phi) is 7.06. The van der Waals surface area contributed by atoms with Gasteiger partial charge < -0.3 is 4.90 Å². The van der Waals surface area contributed by atoms with Crippen LogP contribution in [0.3, 0.4) is 0 Å². The van der Waals surface area contributed by atoms with Gasteiger partial charge in [-0.05, 0) is 30.5 Å². The molecule has 0 aliphatic carbocycles. The zero-order chi connectivity index (χ0) is 15.8. The number of nitrogens with zero attached hydrogens (tertiary/aromatic N) is 2. The fourth-order valence-electron chi connectivity index (χ4n) is 2.18. The number of hydrogen-bond donors (Lipinski definition) is 0. The van der Waals surface area contributed by atoms with Crippen molar-refractivity contribution < 1.29 is 9.18 Å². The van der Waals surface area contributed by atoms with Gasteiger partial charge >= 0.3 is 0 Å². The first-order valence-electron chi connectivity index (χ1n) is 7.51. The fraction of sp³-hybridized carbons (Fsp3) is 0.529. The van der Waals surface area contributed by atoms with Gasteiger partial charge in [0.2, 0.25) is 0 Å². The van der Waals surface area contributed by atoms with E-state index in [1.165, 1.54) is 12.1 Å². The summed E-state index contributed by atoms with van der Waals surface area (Å²) >= 11 is 0. The molecule has 116 valence electrons. The van der Waals surface area contributed by atoms with Crippen LogP contribution in [-0.4, -0.2) is 30.6 Å². The number of unbranched alkanes of at least 4 members (excludes halogenated alkanes) is 1. The van der Waals surface area contributed by atoms with E-state index in [0.717, 1.165) is 31.6 Å². The average Bonchev–Trinajstić information content (AvgIpc) is 2.43. The molecule has 0 aromatic heterocycles. The van der Waals surface area contributed by atoms with E-state index in [4.69, 9.17) is 0 Å². The third kappa shape index (κ3) is 5.66. The third-order valence-corrected chi connectivity index (χ3v) is 3.20. The number of amidine groups is 1. The number of rotatable bonds is 7. The predicted octanol–water partition coefficient (Wildman–Crippen LogP) is 4.45. The van der Waals surface area contributed by atoms with E-state index >= 15 is 0 Å². The van der Waals surface area contributed by atoms with Gasteiger partial charge in [-0.25, -0.2) is 9.38 Å². The molecule has 0 aliphatic rings. The maximum Gasteiger partial charge on any atom is 0.152 e. The number of halogens is 1. The predicted molar refractivity (Wildman–Crippen MR) is 85.9 cm³/mol. The van der Waals surface area contributed by atoms with Crippen molar-refractivity contribution in [2.75, 3.05) is 13.6 Å². The number of hydrogen-bond acceptors (Lipinski definition) is 2. The Morgan fingerprint density at radius 1 is 1.43 bits per heavy atom. The monoisotopic (exact) mass is 292 g/mol. The van der Waals surface area contributed by atoms with Gasteiger partial charge in [0.05, 0.1) is 5.69 Å². The molecule has 0 heterocycles. The summed E-state index contributed by atoms with van der Waals surface area (Å²) in [4.78, 5) is 17.8. The minimum Gasteiger partial charge on any atom is -0.363 e. The fourth-order valence-corrected chi connectivity index (χ4v) is 2.18. The Balaban J connectivity index is 3.08. The third-order valence-electron chi connectivity index (χ3n) is 3.20. The lowest BCUT2D eigenvalue weighted by Crippen LogP contribution is -2.30. The molecule has 0 aliphatic heterocycles. The Labute approximate surface area is 126 Å². The van der Waals surface area contributed by atoms with Gasteiger partial charge in [0, 0.05) is 25.6 Å². The van der Waals surface area contributed by atoms with E-state index in [-0.39, 0.29) is 0 Å². The lowest BCUT2D eigenvalue weighted by molar-refractivity contribution is 0.112. The Bertz CT molecular complexity index is 498. The van der Waals surface area contributed by atoms with Crippen molar-refractivity contribution >= 4 is 17.8 Å². The molecular weight excluding hydrogens is 267 g/mol. The summed E-state index contributed by atoms with van der Waals surface area (Å²) in [6.45, 7) is 7.35. The smallest absolute Gasteiger partial charge is 0.152 e. The zero-order valence-electron chi connectivity index (χ0n) is 13.4. The average molecular weight is 292 g/mol. The van der Waals surface area contributed by atoms with Crippen molar-refractivity contribution in [2.24, 2.45) is 10.9 Å². The summed E-state index contributed by atoms with van der Waals surface area (Å²) in [6, 6.07) is 4.13. The summed E-state index contributed by atoms with van der Waals surface area (Å²) in [5.41, 5.74) is 0.829. The van der Waals surface area contributed by atoms with Crippen molar-refractivity contribution in [1.82, 2.24) is 4.90 Å². The standard InChI is InChI=1S/C17H25FN2O/c1-5-6-7-17(20(4)11-13(2)3)19-16-9-8-15(18)10-14(16)12-21/h8-10,12-13H,5-7,11H2,1-4H3. The first kappa shape index (κ1) is 17.3. The van der Waals surface area contributed by atoms with E-state index in [1.807, 2.05) is 7.05 Å². The zero-order valence-corrected chi connectivity index (χ0v) is 13.4. The molecule has 0 spiro atoms. The van der Waals surface area contributed by atoms with Crippen LogP contribution in [0.2, 0.25) is 0 Å². The summed E-state index contributed by atoms with van der Waals surface area (Å²) < 4.78 is 13.2. The highest BCUT2D eigenvalue weighted by Crippen LogP contribution is 2.20. The highest BCUT2D eigenvalue weighted by atomic mass is 19.1. The second-order valence-corrected chi connectivity index (χ2v) is 5.73. The van der Waals surface area contributed by atoms with Gasteiger partial charge in [-0.3, -0.25) is 4.79 Å². The van der Waals surface area contributed by atoms with Gasteiger partial charge in [0.1, 0.15) is 11.7 Å². The molecule has 21 heavy (non-hydrogen) atoms. The van der Waals surface area contributed by atoms with Gasteiger partial charge in [-0.15, -0.1) is 0 Å². The Hall–Kier alpha value is -1.71. The molecule has 0 bridgehead atoms. The van der Waals surface area contributed by atoms with E-state index < -0.39 is 5.82 Å². The normalized spacial score (nSPS) is 11.8. The summed E-state index contributed by atoms with van der Waals surface area (Å²) in [6.07, 6.45) is 3.63. The largest absolute Gasteiger partial charge is 0.363 e. The van der Waals surface area contributed by atoms with Gasteiger partial charge in [-0.1, -0.05) is 27.2 Å². The molecule has 0 unspecified atom stereocenters. The van der Waals surface area contributed by atoms with Crippen LogP contribution in [0.1, 0.15) is 50.4 Å². The van der Waals surface area contributed by atoms with Crippen molar-refractivity contribution in [3.05, 3.63) is 29.6 Å². The first-order chi connectivity index (χ1) is 9.97. The van der Waals surface area contributed by atoms with Crippen LogP contribution < -0.4 is 0 Å². The molecule has 0 N–H and O–H groups in total. The van der Waals surface area contributed by atoms with E-state index in [1.54, 1.807) is 6.07 Å². The molecule has 0 amide bonds. The minimum absolute atomic E-state index is 0.293. The molecule has 1 aromatic rings. The topological polar surface area (TPSA) is 32.7 Å². The Morgan fingerprint density at radius 2 is 2.14 bits per heavy atom. The van der Waals surface area contributed by atoms with Crippen LogP contribution in [0.5, 0.6) is 0 Å². The number of aldehydes is 1. The molecular formula is C17H25FN2O. The summed E-state index contributed by atoms with van der Waals surface area (Å²) in [5, 5.41) is 0. The van der Waals surface area contributed by atoms with Crippen LogP contribution in [0, 0.1) is 11.7 Å². The molecule has 4 heteroatoms. The van der Waals surface area contributed by atoms with Crippen LogP contribution in [-0.2, 0) is 0 Å². The number of aliphatic imine (C=N–C) groups is 1. The van der Waals surface area contributed by atoms with E-state index in [9.17, 15) is 9.18 Å². The van der Waals surface area contributed by atoms with E-state index in [2.05, 4.69) is 30.7 Å². The number of carbonyl (C=O) groups excluding carboxylic acids is 1. The van der Waals surface area contributed by atoms with Crippen LogP contribution >= 0.6 is 0 Å². The molecule has 0 fully saturated rings. The van der Waals surface area contributed by atoms with Crippen molar-refractivity contribution in [3.8, 4) is 0 Å². The molecule has 1 rings (SSSR count). The first-order valence-corrected chi connectivity index (χ1v) is 7.51. The van der Waals surface area contributed by atoms with Crippen LogP contribution in [0.25, 0.3) is 0 Å². The molecule has 3 nitrogen and oxygen atoms in total. The van der Waals surface area contributed by atoms with Gasteiger partial charge in [0.15, 0.2) is 6.29 Å². The second-order valence-electron chi connectivity index (χ2n) is 5.73. The lowest BCUT2D eigenvalue weighted by atomic mass is 10.1. The lowest BCUT2D eigenvalue weighted by Gasteiger charge is -2.23. The SMILES string of the molecule is CCCCC(=Nc1ccc(F)cc1C=O)N(C)CC(C)C. The van der Waals surface area contributed by atoms with Gasteiger partial charge in [-0.2, -0.15) is 0 Å². The van der Waals surface area contributed by atoms with Crippen molar-refractivity contribution in [1.29, 1.82) is 0 Å². The Morgan fingerprint density at radius 3 is 2.71 bits per heavy atom. The van der Waals surface area contributed by atoms with Crippen molar-refractivity contribution in [3.63, 3.8) is 0 Å². The van der Waals surface area contributed by atoms with Crippen LogP contribution in [0.4, 0.5) is 10.1 Å². The highest BCUT2D eigenvalue weighted by molar-refractivity contribution is 5.89. The molecule has 0 radical (unpaired) electrons. The minimum atomic E-state index is -0.415. The van der Waals surface area contributed by atoms with E-state index in [0.29, 0.717) is 23.5 Å². The summed E-state index contributed by atoms with van der Waals surface area (Å²) in [5.74, 6) is 1.06. The number of carbonyl (C=O) groups is 1. The van der Waals surface area contributed by atoms with Crippen LogP contribution in [0.15, 0.2) is 23.2 Å². The van der Waals surface area contributed by atoms with Gasteiger partial charge in [0.25, 0.3) is 0 Å². The molecule has 0 saturated heterocycles. The highest BCUT2D eigenvalue weighted by Gasteiger charge is 2.10. The molecule has 0 saturated carbocycles. The maximum absolute atomic E-state index is 13.2. The molecule has 1 aromatic carbocycles. The van der Waals surface area contributed by atoms with Crippen molar-refractivity contribution in [2.45, 2.75) is 40.0 Å².